The second-order valence-electron chi connectivity index (χ2n) is 1.61. The van der Waals surface area contributed by atoms with Crippen molar-refractivity contribution in [1.82, 2.24) is 9.55 Å². The summed E-state index contributed by atoms with van der Waals surface area (Å²) in [4.78, 5) is 3.68. The monoisotopic (exact) mass is 165 g/mol. The van der Waals surface area contributed by atoms with Crippen molar-refractivity contribution in [3.05, 3.63) is 10.3 Å². The molecule has 0 atom stereocenters. The molecule has 0 fully saturated rings. The summed E-state index contributed by atoms with van der Waals surface area (Å²) in [5, 5.41) is 0.617. The van der Waals surface area contributed by atoms with Gasteiger partial charge in [0.05, 0.1) is 0 Å². The Morgan fingerprint density at radius 2 is 2.11 bits per heavy atom. The molecule has 0 saturated heterocycles. The molecule has 5 heteroatoms. The van der Waals surface area contributed by atoms with Crippen molar-refractivity contribution in [3.63, 3.8) is 0 Å². The fourth-order valence-electron chi connectivity index (χ4n) is 0.461. The van der Waals surface area contributed by atoms with Gasteiger partial charge in [-0.15, -0.1) is 0 Å². The van der Waals surface area contributed by atoms with Crippen molar-refractivity contribution in [2.75, 3.05) is 5.73 Å². The van der Waals surface area contributed by atoms with Gasteiger partial charge in [-0.2, -0.15) is 4.98 Å². The zero-order valence-corrected chi connectivity index (χ0v) is 6.24. The van der Waals surface area contributed by atoms with Gasteiger partial charge in [-0.25, -0.2) is 0 Å². The highest BCUT2D eigenvalue weighted by Crippen LogP contribution is 2.21. The van der Waals surface area contributed by atoms with E-state index in [0.29, 0.717) is 11.1 Å². The van der Waals surface area contributed by atoms with Crippen LogP contribution in [0.25, 0.3) is 0 Å². The molecule has 0 amide bonds. The van der Waals surface area contributed by atoms with E-state index < -0.39 is 0 Å². The van der Waals surface area contributed by atoms with Gasteiger partial charge >= 0.3 is 0 Å². The predicted molar refractivity (Wildman–Crippen MR) is 37.6 cm³/mol. The van der Waals surface area contributed by atoms with Crippen LogP contribution in [0.3, 0.4) is 0 Å². The van der Waals surface area contributed by atoms with Gasteiger partial charge in [0, 0.05) is 7.05 Å². The van der Waals surface area contributed by atoms with Gasteiger partial charge < -0.3 is 10.3 Å². The Bertz CT molecular complexity index is 207. The number of halogens is 2. The van der Waals surface area contributed by atoms with Crippen LogP contribution in [0, 0.1) is 0 Å². The summed E-state index contributed by atoms with van der Waals surface area (Å²) in [6.07, 6.45) is 0. The summed E-state index contributed by atoms with van der Waals surface area (Å²) in [6.45, 7) is 0. The van der Waals surface area contributed by atoms with Gasteiger partial charge in [0.2, 0.25) is 5.95 Å². The number of hydrogen-bond donors (Lipinski definition) is 1. The highest BCUT2D eigenvalue weighted by Gasteiger charge is 2.06. The molecule has 3 nitrogen and oxygen atoms in total. The van der Waals surface area contributed by atoms with E-state index in [-0.39, 0.29) is 5.15 Å². The molecule has 0 aromatic carbocycles. The quantitative estimate of drug-likeness (QED) is 0.631. The van der Waals surface area contributed by atoms with Crippen LogP contribution in [0.4, 0.5) is 5.95 Å². The van der Waals surface area contributed by atoms with Gasteiger partial charge in [0.25, 0.3) is 0 Å². The number of nitrogens with two attached hydrogens (primary N) is 1. The lowest BCUT2D eigenvalue weighted by atomic mass is 10.9. The smallest absolute Gasteiger partial charge is 0.202 e. The first-order chi connectivity index (χ1) is 4.13. The van der Waals surface area contributed by atoms with Crippen molar-refractivity contribution in [3.8, 4) is 0 Å². The Hall–Kier alpha value is -0.410. The second kappa shape index (κ2) is 2.08. The summed E-state index contributed by atoms with van der Waals surface area (Å²) in [7, 11) is 1.69. The minimum absolute atomic E-state index is 0.247. The van der Waals surface area contributed by atoms with E-state index in [1.165, 1.54) is 4.57 Å². The fourth-order valence-corrected chi connectivity index (χ4v) is 0.803. The largest absolute Gasteiger partial charge is 0.369 e. The van der Waals surface area contributed by atoms with E-state index >= 15 is 0 Å². The summed E-state index contributed by atoms with van der Waals surface area (Å²) in [5.74, 6) is 0.324. The molecule has 0 bridgehead atoms. The highest BCUT2D eigenvalue weighted by atomic mass is 35.5. The average Bonchev–Trinajstić information content (AvgIpc) is 1.98. The molecule has 0 aliphatic carbocycles. The van der Waals surface area contributed by atoms with Gasteiger partial charge in [-0.05, 0) is 0 Å². The maximum absolute atomic E-state index is 5.59. The van der Waals surface area contributed by atoms with Crippen LogP contribution >= 0.6 is 23.2 Å². The maximum atomic E-state index is 5.59. The number of anilines is 1. The molecule has 0 spiro atoms. The molecule has 0 unspecified atom stereocenters. The van der Waals surface area contributed by atoms with Gasteiger partial charge in [-0.1, -0.05) is 23.2 Å². The molecule has 0 saturated carbocycles. The number of nitrogen functional groups attached to an aromatic ring is 1. The molecule has 50 valence electrons. The maximum Gasteiger partial charge on any atom is 0.202 e. The van der Waals surface area contributed by atoms with Crippen LogP contribution in [-0.2, 0) is 7.05 Å². The third kappa shape index (κ3) is 0.976. The van der Waals surface area contributed by atoms with Gasteiger partial charge in [0.15, 0.2) is 5.15 Å². The van der Waals surface area contributed by atoms with E-state index in [2.05, 4.69) is 4.98 Å². The molecule has 1 aromatic heterocycles. The topological polar surface area (TPSA) is 43.8 Å². The SMILES string of the molecule is Cn1c(N)nc(Cl)c1Cl. The Labute approximate surface area is 62.4 Å². The van der Waals surface area contributed by atoms with Crippen molar-refractivity contribution in [2.24, 2.45) is 7.05 Å². The molecule has 9 heavy (non-hydrogen) atoms. The summed E-state index contributed by atoms with van der Waals surface area (Å²) in [6, 6.07) is 0. The molecular formula is C4H5Cl2N3. The number of imidazole rings is 1. The predicted octanol–water partition coefficient (Wildman–Crippen LogP) is 1.31. The highest BCUT2D eigenvalue weighted by molar-refractivity contribution is 6.40. The van der Waals surface area contributed by atoms with Crippen LogP contribution in [-0.4, -0.2) is 9.55 Å². The Kier molecular flexibility index (Phi) is 1.55. The molecular weight excluding hydrogens is 161 g/mol. The van der Waals surface area contributed by atoms with E-state index in [1.54, 1.807) is 7.05 Å². The van der Waals surface area contributed by atoms with Crippen LogP contribution in [0.2, 0.25) is 10.3 Å². The normalized spacial score (nSPS) is 10.1. The first kappa shape index (κ1) is 6.71. The molecule has 1 heterocycles. The summed E-state index contributed by atoms with van der Waals surface area (Å²) >= 11 is 11.1. The Morgan fingerprint density at radius 1 is 1.56 bits per heavy atom. The number of hydrogen-bond acceptors (Lipinski definition) is 2. The standard InChI is InChI=1S/C4H5Cl2N3/c1-9-3(6)2(5)8-4(9)7/h1H3,(H2,7,8). The van der Waals surface area contributed by atoms with Crippen LogP contribution in [0.15, 0.2) is 0 Å². The molecule has 1 aromatic rings. The lowest BCUT2D eigenvalue weighted by molar-refractivity contribution is 0.931. The minimum atomic E-state index is 0.247. The third-order valence-electron chi connectivity index (χ3n) is 1.02. The number of aromatic nitrogens is 2. The van der Waals surface area contributed by atoms with E-state index in [4.69, 9.17) is 28.9 Å². The molecule has 0 aliphatic rings. The van der Waals surface area contributed by atoms with Crippen molar-refractivity contribution in [2.45, 2.75) is 0 Å². The van der Waals surface area contributed by atoms with Crippen molar-refractivity contribution < 1.29 is 0 Å². The minimum Gasteiger partial charge on any atom is -0.369 e. The molecule has 0 radical (unpaired) electrons. The number of nitrogens with zero attached hydrogens (tertiary/aromatic N) is 2. The average molecular weight is 166 g/mol. The van der Waals surface area contributed by atoms with E-state index in [1.807, 2.05) is 0 Å². The zero-order chi connectivity index (χ0) is 7.02. The summed E-state index contributed by atoms with van der Waals surface area (Å²) < 4.78 is 1.50. The van der Waals surface area contributed by atoms with Crippen LogP contribution < -0.4 is 5.73 Å². The van der Waals surface area contributed by atoms with Crippen LogP contribution in [0.5, 0.6) is 0 Å². The molecule has 0 aliphatic heterocycles. The second-order valence-corrected chi connectivity index (χ2v) is 2.33. The molecule has 2 N–H and O–H groups in total. The zero-order valence-electron chi connectivity index (χ0n) is 4.73. The Balaban J connectivity index is 3.29. The molecule has 1 rings (SSSR count). The van der Waals surface area contributed by atoms with Gasteiger partial charge in [0.1, 0.15) is 5.15 Å². The van der Waals surface area contributed by atoms with Crippen LogP contribution in [0.1, 0.15) is 0 Å². The van der Waals surface area contributed by atoms with Crippen molar-refractivity contribution in [1.29, 1.82) is 0 Å². The third-order valence-corrected chi connectivity index (χ3v) is 1.81. The first-order valence-corrected chi connectivity index (χ1v) is 3.01. The van der Waals surface area contributed by atoms with Gasteiger partial charge in [-0.3, -0.25) is 0 Å². The lowest BCUT2D eigenvalue weighted by Gasteiger charge is -1.91. The number of rotatable bonds is 0. The first-order valence-electron chi connectivity index (χ1n) is 2.26. The van der Waals surface area contributed by atoms with E-state index in [0.717, 1.165) is 0 Å². The summed E-state index contributed by atoms with van der Waals surface area (Å²) in [5.41, 5.74) is 5.32. The van der Waals surface area contributed by atoms with E-state index in [9.17, 15) is 0 Å². The van der Waals surface area contributed by atoms with Crippen molar-refractivity contribution >= 4 is 29.2 Å². The lowest BCUT2D eigenvalue weighted by Crippen LogP contribution is -1.96. The Morgan fingerprint density at radius 3 is 2.22 bits per heavy atom. The fraction of sp³-hybridized carbons (Fsp3) is 0.250.